The number of quaternary nitrogens is 1. The molecule has 0 amide bonds. The summed E-state index contributed by atoms with van der Waals surface area (Å²) in [6, 6.07) is 6.76. The van der Waals surface area contributed by atoms with Crippen molar-refractivity contribution in [3.05, 3.63) is 46.8 Å². The molecule has 8 nitrogen and oxygen atoms in total. The zero-order chi connectivity index (χ0) is 17.8. The van der Waals surface area contributed by atoms with Gasteiger partial charge in [-0.3, -0.25) is 14.5 Å². The van der Waals surface area contributed by atoms with E-state index in [0.717, 1.165) is 13.1 Å². The maximum atomic E-state index is 12.9. The average Bonchev–Trinajstić information content (AvgIpc) is 2.65. The molecular weight excluding hydrogens is 324 g/mol. The van der Waals surface area contributed by atoms with Crippen LogP contribution in [0.3, 0.4) is 0 Å². The molecule has 1 aromatic carbocycles. The van der Waals surface area contributed by atoms with Crippen molar-refractivity contribution < 1.29 is 24.6 Å². The largest absolute Gasteiger partial charge is 0.379 e. The molecule has 1 heterocycles. The highest BCUT2D eigenvalue weighted by atomic mass is 16.6. The van der Waals surface area contributed by atoms with E-state index < -0.39 is 0 Å². The maximum absolute atomic E-state index is 12.9. The molecule has 2 aliphatic rings. The summed E-state index contributed by atoms with van der Waals surface area (Å²) in [7, 11) is 1.44. The van der Waals surface area contributed by atoms with Crippen molar-refractivity contribution in [1.29, 1.82) is 0 Å². The molecule has 0 spiro atoms. The minimum Gasteiger partial charge on any atom is -0.379 e. The number of carbonyl (C=O) groups is 2. The quantitative estimate of drug-likeness (QED) is 0.498. The third-order valence-electron chi connectivity index (χ3n) is 4.41. The molecule has 0 atom stereocenters. The van der Waals surface area contributed by atoms with E-state index in [1.165, 1.54) is 17.6 Å². The number of Topliss-reactive ketones (excluding diaryl/α,β-unsaturated/α-hetero) is 2. The zero-order valence-electron chi connectivity index (χ0n) is 14.2. The van der Waals surface area contributed by atoms with Gasteiger partial charge in [-0.25, -0.2) is 10.7 Å². The summed E-state index contributed by atoms with van der Waals surface area (Å²) in [4.78, 5) is 32.9. The Kier molecular flexibility index (Phi) is 5.57. The van der Waals surface area contributed by atoms with Gasteiger partial charge in [0.15, 0.2) is 5.70 Å². The van der Waals surface area contributed by atoms with E-state index in [1.807, 2.05) is 0 Å². The number of ether oxygens (including phenoxy) is 1. The average molecular weight is 347 g/mol. The predicted octanol–water partition coefficient (Wildman–Crippen LogP) is -1.09. The first kappa shape index (κ1) is 17.7. The van der Waals surface area contributed by atoms with Gasteiger partial charge in [0.1, 0.15) is 0 Å². The third kappa shape index (κ3) is 3.63. The van der Waals surface area contributed by atoms with Crippen LogP contribution in [0.15, 0.2) is 35.7 Å². The molecule has 3 rings (SSSR count). The van der Waals surface area contributed by atoms with Crippen LogP contribution in [0.25, 0.3) is 0 Å². The van der Waals surface area contributed by atoms with Crippen LogP contribution in [-0.4, -0.2) is 68.0 Å². The van der Waals surface area contributed by atoms with E-state index in [4.69, 9.17) is 15.4 Å². The van der Waals surface area contributed by atoms with Gasteiger partial charge in [0.25, 0.3) is 5.78 Å². The monoisotopic (exact) mass is 347 g/mol. The van der Waals surface area contributed by atoms with Crippen LogP contribution in [-0.2, 0) is 9.57 Å². The normalized spacial score (nSPS) is 18.5. The van der Waals surface area contributed by atoms with E-state index in [2.05, 4.69) is 4.90 Å². The van der Waals surface area contributed by atoms with Gasteiger partial charge in [0.2, 0.25) is 11.5 Å². The summed E-state index contributed by atoms with van der Waals surface area (Å²) in [5.41, 5.74) is 2.41. The van der Waals surface area contributed by atoms with Gasteiger partial charge in [-0.05, 0) is 0 Å². The minimum absolute atomic E-state index is 0.179. The Morgan fingerprint density at radius 1 is 1.20 bits per heavy atom. The Hall–Kier alpha value is -2.10. The van der Waals surface area contributed by atoms with Gasteiger partial charge >= 0.3 is 0 Å². The number of hydrogen-bond donors (Lipinski definition) is 2. The smallest absolute Gasteiger partial charge is 0.252 e. The highest BCUT2D eigenvalue weighted by Gasteiger charge is 2.38. The molecule has 0 bridgehead atoms. The Labute approximate surface area is 146 Å². The van der Waals surface area contributed by atoms with Gasteiger partial charge in [0.05, 0.1) is 20.3 Å². The Bertz CT molecular complexity index is 698. The molecule has 0 radical (unpaired) electrons. The van der Waals surface area contributed by atoms with Crippen LogP contribution in [0.2, 0.25) is 0 Å². The third-order valence-corrected chi connectivity index (χ3v) is 4.41. The molecule has 0 aromatic heterocycles. The highest BCUT2D eigenvalue weighted by Crippen LogP contribution is 2.24. The number of benzene rings is 1. The second-order valence-electron chi connectivity index (χ2n) is 5.97. The zero-order valence-corrected chi connectivity index (χ0v) is 14.2. The number of ketones is 2. The molecular formula is C17H23N4O4+. The fourth-order valence-electron chi connectivity index (χ4n) is 3.08. The number of morpholine rings is 1. The minimum atomic E-state index is -0.261. The highest BCUT2D eigenvalue weighted by molar-refractivity contribution is 6.25. The van der Waals surface area contributed by atoms with Gasteiger partial charge in [-0.1, -0.05) is 24.3 Å². The van der Waals surface area contributed by atoms with Crippen molar-refractivity contribution in [3.8, 4) is 0 Å². The van der Waals surface area contributed by atoms with Gasteiger partial charge in [-0.2, -0.15) is 5.48 Å². The summed E-state index contributed by atoms with van der Waals surface area (Å²) in [6.07, 6.45) is 0. The lowest BCUT2D eigenvalue weighted by atomic mass is 9.90. The van der Waals surface area contributed by atoms with Crippen LogP contribution >= 0.6 is 0 Å². The molecule has 1 aliphatic carbocycles. The Balaban J connectivity index is 1.83. The Morgan fingerprint density at radius 2 is 1.84 bits per heavy atom. The molecule has 1 fully saturated rings. The van der Waals surface area contributed by atoms with E-state index in [0.29, 0.717) is 37.4 Å². The van der Waals surface area contributed by atoms with Crippen LogP contribution in [0, 0.1) is 0 Å². The first-order chi connectivity index (χ1) is 12.1. The van der Waals surface area contributed by atoms with Gasteiger partial charge < -0.3 is 9.75 Å². The fraction of sp³-hybridized carbons (Fsp3) is 0.412. The number of nitrogens with two attached hydrogens (primary N) is 2. The maximum Gasteiger partial charge on any atom is 0.252 e. The second kappa shape index (κ2) is 7.85. The number of carbonyl (C=O) groups excluding carboxylic acids is 2. The van der Waals surface area contributed by atoms with Gasteiger partial charge in [0, 0.05) is 37.3 Å². The summed E-state index contributed by atoms with van der Waals surface area (Å²) >= 11 is 0. The van der Waals surface area contributed by atoms with Crippen molar-refractivity contribution in [2.45, 2.75) is 0 Å². The van der Waals surface area contributed by atoms with Crippen LogP contribution in [0.1, 0.15) is 20.7 Å². The number of hydrazine groups is 1. The molecule has 0 unspecified atom stereocenters. The summed E-state index contributed by atoms with van der Waals surface area (Å²) < 4.78 is 5.33. The molecule has 0 saturated carbocycles. The fourth-order valence-corrected chi connectivity index (χ4v) is 3.08. The molecule has 4 N–H and O–H groups in total. The van der Waals surface area contributed by atoms with Crippen molar-refractivity contribution in [1.82, 2.24) is 9.91 Å². The number of allylic oxidation sites excluding steroid dienone is 2. The SMILES string of the molecule is CO[NH2+]C1=C(N(N)CCN2CCOCC2)C(=O)c2ccccc2C1=O. The first-order valence-electron chi connectivity index (χ1n) is 8.24. The number of nitrogens with zero attached hydrogens (tertiary/aromatic N) is 2. The van der Waals surface area contributed by atoms with E-state index in [1.54, 1.807) is 24.3 Å². The molecule has 1 aromatic rings. The molecule has 1 saturated heterocycles. The van der Waals surface area contributed by atoms with E-state index in [9.17, 15) is 9.59 Å². The number of fused-ring (bicyclic) bond motifs is 1. The lowest BCUT2D eigenvalue weighted by Crippen LogP contribution is -2.83. The number of hydroxylamine groups is 1. The van der Waals surface area contributed by atoms with Crippen molar-refractivity contribution in [2.24, 2.45) is 5.84 Å². The number of hydrogen-bond acceptors (Lipinski definition) is 7. The summed E-state index contributed by atoms with van der Waals surface area (Å²) in [5, 5.41) is 1.36. The molecule has 1 aliphatic heterocycles. The molecule has 25 heavy (non-hydrogen) atoms. The lowest BCUT2D eigenvalue weighted by molar-refractivity contribution is -0.850. The summed E-state index contributed by atoms with van der Waals surface area (Å²) in [5.74, 6) is 5.65. The molecule has 134 valence electrons. The van der Waals surface area contributed by atoms with Crippen molar-refractivity contribution in [2.75, 3.05) is 46.5 Å². The number of rotatable bonds is 6. The summed E-state index contributed by atoms with van der Waals surface area (Å²) in [6.45, 7) is 4.17. The Morgan fingerprint density at radius 3 is 2.48 bits per heavy atom. The standard InChI is InChI=1S/C17H22N4O4/c1-24-19-14-15(21(18)7-6-20-8-10-25-11-9-20)17(23)13-5-3-2-4-12(13)16(14)22/h2-5,19H,6-11,18H2,1H3/p+1. The van der Waals surface area contributed by atoms with E-state index >= 15 is 0 Å². The lowest BCUT2D eigenvalue weighted by Gasteiger charge is -2.30. The predicted molar refractivity (Wildman–Crippen MR) is 89.2 cm³/mol. The van der Waals surface area contributed by atoms with Gasteiger partial charge in [-0.15, -0.1) is 0 Å². The van der Waals surface area contributed by atoms with Crippen LogP contribution < -0.4 is 11.3 Å². The van der Waals surface area contributed by atoms with Crippen LogP contribution in [0.4, 0.5) is 0 Å². The topological polar surface area (TPSA) is 102 Å². The van der Waals surface area contributed by atoms with Crippen molar-refractivity contribution in [3.63, 3.8) is 0 Å². The van der Waals surface area contributed by atoms with E-state index in [-0.39, 0.29) is 23.0 Å². The second-order valence-corrected chi connectivity index (χ2v) is 5.97. The molecule has 8 heteroatoms. The first-order valence-corrected chi connectivity index (χ1v) is 8.24. The van der Waals surface area contributed by atoms with Crippen LogP contribution in [0.5, 0.6) is 0 Å². The van der Waals surface area contributed by atoms with Crippen molar-refractivity contribution >= 4 is 11.6 Å².